The van der Waals surface area contributed by atoms with E-state index in [0.29, 0.717) is 6.42 Å². The molecule has 0 saturated carbocycles. The van der Waals surface area contributed by atoms with Gasteiger partial charge in [-0.05, 0) is 12.0 Å². The molecule has 0 aliphatic heterocycles. The largest absolute Gasteiger partial charge is 0.481 e. The number of aliphatic carboxylic acids is 2. The van der Waals surface area contributed by atoms with Crippen LogP contribution in [0, 0.1) is 0 Å². The first-order valence-electron chi connectivity index (χ1n) is 6.74. The third-order valence-corrected chi connectivity index (χ3v) is 2.97. The summed E-state index contributed by atoms with van der Waals surface area (Å²) in [5.74, 6) is -2.10. The zero-order valence-corrected chi connectivity index (χ0v) is 11.7. The second-order valence-electron chi connectivity index (χ2n) is 4.68. The number of carbonyl (C=O) groups excluding carboxylic acids is 1. The number of carboxylic acid groups (broad SMARTS) is 2. The fourth-order valence-corrected chi connectivity index (χ4v) is 1.90. The first-order chi connectivity index (χ1) is 9.99. The van der Waals surface area contributed by atoms with Crippen molar-refractivity contribution >= 4 is 17.8 Å². The zero-order chi connectivity index (χ0) is 15.7. The molecule has 114 valence electrons. The van der Waals surface area contributed by atoms with E-state index in [-0.39, 0.29) is 38.3 Å². The van der Waals surface area contributed by atoms with Gasteiger partial charge in [0.15, 0.2) is 0 Å². The summed E-state index contributed by atoms with van der Waals surface area (Å²) in [6, 6.07) is 9.15. The summed E-state index contributed by atoms with van der Waals surface area (Å²) in [5.41, 5.74) is 0.848. The summed E-state index contributed by atoms with van der Waals surface area (Å²) in [7, 11) is 0. The maximum Gasteiger partial charge on any atom is 0.305 e. The average Bonchev–Trinajstić information content (AvgIpc) is 2.43. The van der Waals surface area contributed by atoms with Gasteiger partial charge in [-0.25, -0.2) is 0 Å². The third-order valence-electron chi connectivity index (χ3n) is 2.97. The number of hydrogen-bond donors (Lipinski definition) is 2. The van der Waals surface area contributed by atoms with Crippen LogP contribution in [0.2, 0.25) is 0 Å². The lowest BCUT2D eigenvalue weighted by molar-refractivity contribution is -0.140. The second-order valence-corrected chi connectivity index (χ2v) is 4.68. The van der Waals surface area contributed by atoms with E-state index in [9.17, 15) is 14.4 Å². The Labute approximate surface area is 123 Å². The molecule has 0 unspecified atom stereocenters. The Morgan fingerprint density at radius 1 is 0.905 bits per heavy atom. The Morgan fingerprint density at radius 3 is 2.10 bits per heavy atom. The number of amides is 1. The van der Waals surface area contributed by atoms with Gasteiger partial charge < -0.3 is 15.1 Å². The maximum atomic E-state index is 12.2. The van der Waals surface area contributed by atoms with E-state index < -0.39 is 11.9 Å². The van der Waals surface area contributed by atoms with Crippen LogP contribution in [0.4, 0.5) is 0 Å². The van der Waals surface area contributed by atoms with E-state index in [1.54, 1.807) is 0 Å². The van der Waals surface area contributed by atoms with E-state index in [1.807, 2.05) is 30.3 Å². The minimum Gasteiger partial charge on any atom is -0.481 e. The lowest BCUT2D eigenvalue weighted by atomic mass is 10.1. The molecule has 0 aromatic heterocycles. The van der Waals surface area contributed by atoms with Crippen molar-refractivity contribution in [2.45, 2.75) is 25.7 Å². The fraction of sp³-hybridized carbons (Fsp3) is 0.400. The molecule has 21 heavy (non-hydrogen) atoms. The molecule has 1 amide bonds. The number of carboxylic acids is 2. The van der Waals surface area contributed by atoms with Gasteiger partial charge in [0.2, 0.25) is 5.91 Å². The van der Waals surface area contributed by atoms with Crippen molar-refractivity contribution in [2.75, 3.05) is 13.1 Å². The monoisotopic (exact) mass is 293 g/mol. The molecule has 0 spiro atoms. The molecule has 0 radical (unpaired) electrons. The van der Waals surface area contributed by atoms with Crippen molar-refractivity contribution in [3.63, 3.8) is 0 Å². The van der Waals surface area contributed by atoms with Gasteiger partial charge in [0.25, 0.3) is 0 Å². The van der Waals surface area contributed by atoms with Gasteiger partial charge >= 0.3 is 11.9 Å². The highest BCUT2D eigenvalue weighted by molar-refractivity contribution is 5.79. The van der Waals surface area contributed by atoms with Gasteiger partial charge in [-0.15, -0.1) is 0 Å². The Morgan fingerprint density at radius 2 is 1.52 bits per heavy atom. The molecule has 0 aliphatic carbocycles. The summed E-state index contributed by atoms with van der Waals surface area (Å²) < 4.78 is 0. The quantitative estimate of drug-likeness (QED) is 0.717. The van der Waals surface area contributed by atoms with Crippen LogP contribution in [-0.2, 0) is 20.8 Å². The van der Waals surface area contributed by atoms with Gasteiger partial charge in [0, 0.05) is 19.5 Å². The van der Waals surface area contributed by atoms with E-state index >= 15 is 0 Å². The molecule has 1 aromatic rings. The van der Waals surface area contributed by atoms with Crippen LogP contribution in [0.15, 0.2) is 30.3 Å². The van der Waals surface area contributed by atoms with Crippen LogP contribution in [0.1, 0.15) is 24.8 Å². The average molecular weight is 293 g/mol. The number of hydrogen-bond acceptors (Lipinski definition) is 3. The molecule has 2 N–H and O–H groups in total. The van der Waals surface area contributed by atoms with Gasteiger partial charge in [0.05, 0.1) is 12.8 Å². The van der Waals surface area contributed by atoms with Gasteiger partial charge in [-0.2, -0.15) is 0 Å². The van der Waals surface area contributed by atoms with Crippen LogP contribution in [0.5, 0.6) is 0 Å². The molecule has 0 bridgehead atoms. The molecular formula is C15H19NO5. The minimum atomic E-state index is -0.981. The van der Waals surface area contributed by atoms with E-state index in [1.165, 1.54) is 4.90 Å². The standard InChI is InChI=1S/C15H19NO5/c17-13(11-12-5-2-1-3-6-12)16(10-8-15(20)21)9-4-7-14(18)19/h1-3,5-6H,4,7-11H2,(H,18,19)(H,20,21). The van der Waals surface area contributed by atoms with E-state index in [4.69, 9.17) is 10.2 Å². The number of nitrogens with zero attached hydrogens (tertiary/aromatic N) is 1. The molecule has 6 nitrogen and oxygen atoms in total. The van der Waals surface area contributed by atoms with Crippen LogP contribution in [0.25, 0.3) is 0 Å². The summed E-state index contributed by atoms with van der Waals surface area (Å²) in [5, 5.41) is 17.3. The highest BCUT2D eigenvalue weighted by Crippen LogP contribution is 2.05. The summed E-state index contributed by atoms with van der Waals surface area (Å²) in [4.78, 5) is 34.8. The molecule has 0 saturated heterocycles. The van der Waals surface area contributed by atoms with Gasteiger partial charge in [-0.3, -0.25) is 14.4 Å². The number of rotatable bonds is 9. The maximum absolute atomic E-state index is 12.2. The Bertz CT molecular complexity index is 486. The Kier molecular flexibility index (Phi) is 6.94. The van der Waals surface area contributed by atoms with E-state index in [0.717, 1.165) is 5.56 Å². The fourth-order valence-electron chi connectivity index (χ4n) is 1.90. The van der Waals surface area contributed by atoms with Crippen molar-refractivity contribution in [1.29, 1.82) is 0 Å². The predicted molar refractivity (Wildman–Crippen MR) is 75.8 cm³/mol. The van der Waals surface area contributed by atoms with Crippen molar-refractivity contribution < 1.29 is 24.6 Å². The third kappa shape index (κ3) is 7.10. The molecular weight excluding hydrogens is 274 g/mol. The summed E-state index contributed by atoms with van der Waals surface area (Å²) in [6.45, 7) is 0.353. The highest BCUT2D eigenvalue weighted by atomic mass is 16.4. The van der Waals surface area contributed by atoms with Crippen molar-refractivity contribution in [3.8, 4) is 0 Å². The van der Waals surface area contributed by atoms with Gasteiger partial charge in [0.1, 0.15) is 0 Å². The number of benzene rings is 1. The van der Waals surface area contributed by atoms with E-state index in [2.05, 4.69) is 0 Å². The smallest absolute Gasteiger partial charge is 0.305 e. The first kappa shape index (κ1) is 16.7. The molecule has 1 rings (SSSR count). The zero-order valence-electron chi connectivity index (χ0n) is 11.7. The second kappa shape index (κ2) is 8.73. The topological polar surface area (TPSA) is 94.9 Å². The molecule has 0 aliphatic rings. The van der Waals surface area contributed by atoms with Gasteiger partial charge in [-0.1, -0.05) is 30.3 Å². The van der Waals surface area contributed by atoms with Crippen molar-refractivity contribution in [1.82, 2.24) is 4.90 Å². The molecule has 0 fully saturated rings. The molecule has 1 aromatic carbocycles. The first-order valence-corrected chi connectivity index (χ1v) is 6.74. The normalized spacial score (nSPS) is 10.1. The van der Waals surface area contributed by atoms with Crippen molar-refractivity contribution in [2.24, 2.45) is 0 Å². The summed E-state index contributed by atoms with van der Waals surface area (Å²) in [6.07, 6.45) is 0.318. The highest BCUT2D eigenvalue weighted by Gasteiger charge is 2.15. The lowest BCUT2D eigenvalue weighted by Crippen LogP contribution is -2.35. The van der Waals surface area contributed by atoms with Crippen molar-refractivity contribution in [3.05, 3.63) is 35.9 Å². The molecule has 6 heteroatoms. The van der Waals surface area contributed by atoms with Crippen LogP contribution >= 0.6 is 0 Å². The lowest BCUT2D eigenvalue weighted by Gasteiger charge is -2.21. The minimum absolute atomic E-state index is 0.0395. The Hall–Kier alpha value is -2.37. The van der Waals surface area contributed by atoms with Crippen LogP contribution < -0.4 is 0 Å². The van der Waals surface area contributed by atoms with Crippen LogP contribution in [0.3, 0.4) is 0 Å². The SMILES string of the molecule is O=C(O)CCCN(CCC(=O)O)C(=O)Cc1ccccc1. The molecule has 0 heterocycles. The summed E-state index contributed by atoms with van der Waals surface area (Å²) >= 11 is 0. The predicted octanol–water partition coefficient (Wildman–Crippen LogP) is 1.40. The number of carbonyl (C=O) groups is 3. The Balaban J connectivity index is 2.58. The molecule has 0 atom stereocenters. The van der Waals surface area contributed by atoms with Crippen LogP contribution in [-0.4, -0.2) is 46.0 Å².